The van der Waals surface area contributed by atoms with Crippen molar-refractivity contribution < 1.29 is 13.2 Å². The highest BCUT2D eigenvalue weighted by Crippen LogP contribution is 2.41. The molecule has 0 aliphatic carbocycles. The summed E-state index contributed by atoms with van der Waals surface area (Å²) in [5.74, 6) is 0.783. The van der Waals surface area contributed by atoms with Crippen molar-refractivity contribution in [2.24, 2.45) is 0 Å². The topological polar surface area (TPSA) is 59.5 Å². The second kappa shape index (κ2) is 6.83. The van der Waals surface area contributed by atoms with Crippen molar-refractivity contribution >= 4 is 21.6 Å². The third-order valence-corrected chi connectivity index (χ3v) is 7.70. The second-order valence-corrected chi connectivity index (χ2v) is 9.28. The summed E-state index contributed by atoms with van der Waals surface area (Å²) in [6.45, 7) is 1.87. The molecule has 0 spiro atoms. The van der Waals surface area contributed by atoms with E-state index < -0.39 is 10.0 Å². The minimum Gasteiger partial charge on any atom is -0.490 e. The predicted molar refractivity (Wildman–Crippen MR) is 99.9 cm³/mol. The summed E-state index contributed by atoms with van der Waals surface area (Å²) in [5.41, 5.74) is 0.873. The zero-order valence-electron chi connectivity index (χ0n) is 14.5. The highest BCUT2D eigenvalue weighted by molar-refractivity contribution is 7.89. The van der Waals surface area contributed by atoms with Gasteiger partial charge < -0.3 is 4.74 Å². The molecule has 2 bridgehead atoms. The molecule has 138 valence electrons. The number of ether oxygens (including phenoxy) is 1. The van der Waals surface area contributed by atoms with E-state index in [1.165, 1.54) is 0 Å². The van der Waals surface area contributed by atoms with Crippen LogP contribution >= 0.6 is 11.6 Å². The molecule has 3 heterocycles. The Hall–Kier alpha value is -1.63. The number of hydrogen-bond donors (Lipinski definition) is 0. The Bertz CT molecular complexity index is 890. The first-order chi connectivity index (χ1) is 12.4. The van der Waals surface area contributed by atoms with E-state index in [2.05, 4.69) is 4.98 Å². The Morgan fingerprint density at radius 3 is 2.38 bits per heavy atom. The molecule has 0 radical (unpaired) electrons. The fourth-order valence-corrected chi connectivity index (χ4v) is 6.20. The fraction of sp³-hybridized carbons (Fsp3) is 0.421. The number of rotatable bonds is 4. The summed E-state index contributed by atoms with van der Waals surface area (Å²) < 4.78 is 34.1. The molecule has 4 rings (SSSR count). The molecule has 1 aromatic heterocycles. The number of nitrogens with zero attached hydrogens (tertiary/aromatic N) is 2. The Labute approximate surface area is 159 Å². The molecule has 2 aliphatic rings. The number of sulfonamides is 1. The average molecular weight is 393 g/mol. The summed E-state index contributed by atoms with van der Waals surface area (Å²) in [6, 6.07) is 8.59. The third-order valence-electron chi connectivity index (χ3n) is 5.29. The smallest absolute Gasteiger partial charge is 0.243 e. The molecular formula is C19H21ClN2O3S. The van der Waals surface area contributed by atoms with Crippen molar-refractivity contribution in [3.05, 3.63) is 53.3 Å². The molecule has 2 aromatic rings. The van der Waals surface area contributed by atoms with Gasteiger partial charge in [-0.2, -0.15) is 4.31 Å². The van der Waals surface area contributed by atoms with Gasteiger partial charge in [0.25, 0.3) is 0 Å². The molecule has 1 aromatic carbocycles. The lowest BCUT2D eigenvalue weighted by atomic mass is 10.0. The third kappa shape index (κ3) is 3.21. The molecule has 2 aliphatic heterocycles. The molecule has 0 amide bonds. The molecule has 2 fully saturated rings. The van der Waals surface area contributed by atoms with Crippen LogP contribution in [0, 0.1) is 6.92 Å². The lowest BCUT2D eigenvalue weighted by Crippen LogP contribution is -2.49. The number of piperidine rings is 1. The van der Waals surface area contributed by atoms with E-state index in [1.807, 2.05) is 19.1 Å². The highest BCUT2D eigenvalue weighted by atomic mass is 35.5. The number of pyridine rings is 1. The zero-order valence-corrected chi connectivity index (χ0v) is 16.1. The van der Waals surface area contributed by atoms with Crippen LogP contribution in [0.5, 0.6) is 5.75 Å². The summed E-state index contributed by atoms with van der Waals surface area (Å²) in [6.07, 6.45) is 6.59. The van der Waals surface area contributed by atoms with Gasteiger partial charge in [0.2, 0.25) is 10.0 Å². The zero-order chi connectivity index (χ0) is 18.3. The summed E-state index contributed by atoms with van der Waals surface area (Å²) >= 11 is 6.15. The quantitative estimate of drug-likeness (QED) is 0.793. The van der Waals surface area contributed by atoms with Crippen LogP contribution in [0.3, 0.4) is 0 Å². The molecular weight excluding hydrogens is 372 g/mol. The van der Waals surface area contributed by atoms with Gasteiger partial charge in [-0.25, -0.2) is 8.42 Å². The van der Waals surface area contributed by atoms with E-state index in [0.29, 0.717) is 17.9 Å². The van der Waals surface area contributed by atoms with E-state index in [9.17, 15) is 8.42 Å². The van der Waals surface area contributed by atoms with Crippen LogP contribution in [0.4, 0.5) is 0 Å². The van der Waals surface area contributed by atoms with Gasteiger partial charge in [-0.05, 0) is 49.6 Å². The van der Waals surface area contributed by atoms with Crippen molar-refractivity contribution in [3.63, 3.8) is 0 Å². The summed E-state index contributed by atoms with van der Waals surface area (Å²) in [5, 5.41) is 0.481. The molecule has 5 nitrogen and oxygen atoms in total. The number of fused-ring (bicyclic) bond motifs is 2. The Balaban J connectivity index is 1.55. The van der Waals surface area contributed by atoms with Crippen LogP contribution in [0.25, 0.3) is 0 Å². The van der Waals surface area contributed by atoms with Gasteiger partial charge in [-0.15, -0.1) is 0 Å². The van der Waals surface area contributed by atoms with Gasteiger partial charge >= 0.3 is 0 Å². The SMILES string of the molecule is Cc1ccc(S(=O)(=O)N2C3CCC2CC(Oc2ccncc2)C3)cc1Cl. The van der Waals surface area contributed by atoms with Gasteiger partial charge in [-0.1, -0.05) is 17.7 Å². The molecule has 2 saturated heterocycles. The van der Waals surface area contributed by atoms with Crippen molar-refractivity contribution in [1.82, 2.24) is 9.29 Å². The Morgan fingerprint density at radius 2 is 1.77 bits per heavy atom. The number of hydrogen-bond acceptors (Lipinski definition) is 4. The summed E-state index contributed by atoms with van der Waals surface area (Å²) in [7, 11) is -3.55. The fourth-order valence-electron chi connectivity index (χ4n) is 4.04. The minimum atomic E-state index is -3.55. The molecule has 2 atom stereocenters. The van der Waals surface area contributed by atoms with Gasteiger partial charge in [0, 0.05) is 42.3 Å². The minimum absolute atomic E-state index is 0.0225. The van der Waals surface area contributed by atoms with Crippen LogP contribution in [-0.2, 0) is 10.0 Å². The average Bonchev–Trinajstić information content (AvgIpc) is 2.90. The van der Waals surface area contributed by atoms with Crippen molar-refractivity contribution in [1.29, 1.82) is 0 Å². The number of aromatic nitrogens is 1. The van der Waals surface area contributed by atoms with Gasteiger partial charge in [0.05, 0.1) is 4.90 Å². The normalized spacial score (nSPS) is 26.0. The highest BCUT2D eigenvalue weighted by Gasteiger charge is 2.47. The first kappa shape index (κ1) is 17.8. The maximum absolute atomic E-state index is 13.2. The van der Waals surface area contributed by atoms with E-state index in [-0.39, 0.29) is 23.1 Å². The van der Waals surface area contributed by atoms with Gasteiger partial charge in [0.1, 0.15) is 11.9 Å². The van der Waals surface area contributed by atoms with Crippen molar-refractivity contribution in [2.75, 3.05) is 0 Å². The molecule has 0 N–H and O–H groups in total. The van der Waals surface area contributed by atoms with Crippen LogP contribution in [0.15, 0.2) is 47.6 Å². The van der Waals surface area contributed by atoms with Crippen LogP contribution in [0.2, 0.25) is 5.02 Å². The van der Waals surface area contributed by atoms with E-state index in [1.54, 1.807) is 34.9 Å². The van der Waals surface area contributed by atoms with E-state index in [4.69, 9.17) is 16.3 Å². The van der Waals surface area contributed by atoms with Crippen LogP contribution < -0.4 is 4.74 Å². The Morgan fingerprint density at radius 1 is 1.12 bits per heavy atom. The predicted octanol–water partition coefficient (Wildman–Crippen LogP) is 3.81. The maximum Gasteiger partial charge on any atom is 0.243 e. The van der Waals surface area contributed by atoms with Gasteiger partial charge in [-0.3, -0.25) is 4.98 Å². The monoisotopic (exact) mass is 392 g/mol. The first-order valence-corrected chi connectivity index (χ1v) is 10.6. The number of halogens is 1. The van der Waals surface area contributed by atoms with Crippen LogP contribution in [-0.4, -0.2) is 35.9 Å². The Kier molecular flexibility index (Phi) is 4.67. The van der Waals surface area contributed by atoms with Crippen LogP contribution in [0.1, 0.15) is 31.2 Å². The maximum atomic E-state index is 13.2. The first-order valence-electron chi connectivity index (χ1n) is 8.81. The standard InChI is InChI=1S/C19H21ClN2O3S/c1-13-2-5-18(12-19(13)20)26(23,24)22-14-3-4-15(22)11-17(10-14)25-16-6-8-21-9-7-16/h2,5-9,12,14-15,17H,3-4,10-11H2,1H3. The van der Waals surface area contributed by atoms with Gasteiger partial charge in [0.15, 0.2) is 0 Å². The summed E-state index contributed by atoms with van der Waals surface area (Å²) in [4.78, 5) is 4.27. The lowest BCUT2D eigenvalue weighted by Gasteiger charge is -2.37. The lowest BCUT2D eigenvalue weighted by molar-refractivity contribution is 0.0956. The van der Waals surface area contributed by atoms with Crippen molar-refractivity contribution in [3.8, 4) is 5.75 Å². The molecule has 0 saturated carbocycles. The van der Waals surface area contributed by atoms with Crippen molar-refractivity contribution in [2.45, 2.75) is 55.7 Å². The number of benzene rings is 1. The molecule has 2 unspecified atom stereocenters. The molecule has 26 heavy (non-hydrogen) atoms. The van der Waals surface area contributed by atoms with E-state index in [0.717, 1.165) is 24.2 Å². The largest absolute Gasteiger partial charge is 0.490 e. The molecule has 7 heteroatoms. The van der Waals surface area contributed by atoms with E-state index >= 15 is 0 Å². The second-order valence-electron chi connectivity index (χ2n) is 7.03. The number of aryl methyl sites for hydroxylation is 1.